The normalized spacial score (nSPS) is 16.8. The first kappa shape index (κ1) is 26.3. The average molecular weight is 569 g/mol. The van der Waals surface area contributed by atoms with E-state index < -0.39 is 23.4 Å². The van der Waals surface area contributed by atoms with Gasteiger partial charge in [0.15, 0.2) is 0 Å². The molecule has 206 valence electrons. The molecule has 1 aliphatic carbocycles. The molecular weight excluding hydrogens is 545 g/mol. The van der Waals surface area contributed by atoms with Crippen LogP contribution in [0.5, 0.6) is 0 Å². The second kappa shape index (κ2) is 10.2. The molecule has 40 heavy (non-hydrogen) atoms. The van der Waals surface area contributed by atoms with Gasteiger partial charge in [0, 0.05) is 53.6 Å². The number of carboxylic acids is 1. The van der Waals surface area contributed by atoms with E-state index in [9.17, 15) is 23.1 Å². The topological polar surface area (TPSA) is 92.3 Å². The molecule has 1 saturated heterocycles. The monoisotopic (exact) mass is 568 g/mol. The van der Waals surface area contributed by atoms with E-state index in [-0.39, 0.29) is 16.8 Å². The molecule has 1 N–H and O–H groups in total. The lowest BCUT2D eigenvalue weighted by molar-refractivity contribution is -0.136. The van der Waals surface area contributed by atoms with Crippen LogP contribution in [0, 0.1) is 5.92 Å². The van der Waals surface area contributed by atoms with Crippen molar-refractivity contribution >= 4 is 40.2 Å². The van der Waals surface area contributed by atoms with Crippen molar-refractivity contribution in [3.63, 3.8) is 0 Å². The zero-order valence-corrected chi connectivity index (χ0v) is 21.9. The van der Waals surface area contributed by atoms with Gasteiger partial charge in [0.05, 0.1) is 16.1 Å². The minimum absolute atomic E-state index is 0.000845. The number of nitrogens with zero attached hydrogens (tertiary/aromatic N) is 4. The molecule has 0 atom stereocenters. The van der Waals surface area contributed by atoms with Gasteiger partial charge in [-0.1, -0.05) is 28.9 Å². The molecule has 4 aromatic rings. The van der Waals surface area contributed by atoms with Crippen molar-refractivity contribution in [3.05, 3.63) is 76.4 Å². The van der Waals surface area contributed by atoms with Crippen molar-refractivity contribution in [1.29, 1.82) is 0 Å². The van der Waals surface area contributed by atoms with Gasteiger partial charge in [-0.2, -0.15) is 13.2 Å². The van der Waals surface area contributed by atoms with Crippen LogP contribution < -0.4 is 4.90 Å². The molecule has 1 aliphatic heterocycles. The number of carbonyl (C=O) groups is 1. The number of rotatable bonds is 6. The third-order valence-electron chi connectivity index (χ3n) is 7.49. The molecule has 1 saturated carbocycles. The molecule has 0 spiro atoms. The highest BCUT2D eigenvalue weighted by Gasteiger charge is 2.35. The van der Waals surface area contributed by atoms with Crippen molar-refractivity contribution in [2.75, 3.05) is 18.0 Å². The van der Waals surface area contributed by atoms with Crippen molar-refractivity contribution in [2.24, 2.45) is 5.92 Å². The van der Waals surface area contributed by atoms with E-state index in [1.165, 1.54) is 12.1 Å². The molecule has 7 nitrogen and oxygen atoms in total. The first-order valence-corrected chi connectivity index (χ1v) is 13.3. The van der Waals surface area contributed by atoms with E-state index >= 15 is 0 Å². The Balaban J connectivity index is 1.21. The number of anilines is 1. The van der Waals surface area contributed by atoms with Crippen LogP contribution in [0.4, 0.5) is 18.9 Å². The molecule has 3 aromatic heterocycles. The zero-order valence-electron chi connectivity index (χ0n) is 21.2. The number of fused-ring (bicyclic) bond motifs is 1. The third kappa shape index (κ3) is 5.15. The van der Waals surface area contributed by atoms with Gasteiger partial charge >= 0.3 is 12.1 Å². The summed E-state index contributed by atoms with van der Waals surface area (Å²) in [5.41, 5.74) is 1.40. The Morgan fingerprint density at radius 2 is 1.90 bits per heavy atom. The Morgan fingerprint density at radius 1 is 1.12 bits per heavy atom. The Morgan fingerprint density at radius 3 is 2.58 bits per heavy atom. The molecule has 1 aromatic carbocycles. The van der Waals surface area contributed by atoms with Crippen LogP contribution >= 0.6 is 11.6 Å². The zero-order chi connectivity index (χ0) is 28.0. The van der Waals surface area contributed by atoms with Crippen LogP contribution in [0.2, 0.25) is 5.02 Å². The van der Waals surface area contributed by atoms with Crippen LogP contribution in [0.15, 0.2) is 53.3 Å². The highest BCUT2D eigenvalue weighted by Crippen LogP contribution is 2.45. The van der Waals surface area contributed by atoms with Crippen molar-refractivity contribution in [3.8, 4) is 11.3 Å². The van der Waals surface area contributed by atoms with E-state index in [0.29, 0.717) is 41.5 Å². The summed E-state index contributed by atoms with van der Waals surface area (Å²) in [6.07, 6.45) is 6.51. The summed E-state index contributed by atoms with van der Waals surface area (Å²) in [4.78, 5) is 21.3. The van der Waals surface area contributed by atoms with Crippen LogP contribution in [0.25, 0.3) is 28.2 Å². The number of benzene rings is 1. The first-order valence-electron chi connectivity index (χ1n) is 13.0. The van der Waals surface area contributed by atoms with Gasteiger partial charge in [-0.05, 0) is 61.9 Å². The molecule has 0 radical (unpaired) electrons. The lowest BCUT2D eigenvalue weighted by Gasteiger charge is -2.32. The maximum absolute atomic E-state index is 13.8. The highest BCUT2D eigenvalue weighted by molar-refractivity contribution is 6.33. The molecule has 2 aliphatic rings. The Kier molecular flexibility index (Phi) is 6.74. The molecule has 6 rings (SSSR count). The number of aromatic carboxylic acids is 1. The van der Waals surface area contributed by atoms with Crippen LogP contribution in [0.3, 0.4) is 0 Å². The Labute approximate surface area is 232 Å². The van der Waals surface area contributed by atoms with Crippen LogP contribution in [-0.2, 0) is 6.18 Å². The number of halogens is 4. The average Bonchev–Trinajstić information content (AvgIpc) is 3.70. The van der Waals surface area contributed by atoms with Gasteiger partial charge in [0.25, 0.3) is 0 Å². The number of hydrogen-bond donors (Lipinski definition) is 1. The molecule has 4 heterocycles. The third-order valence-corrected chi connectivity index (χ3v) is 7.79. The van der Waals surface area contributed by atoms with Crippen molar-refractivity contribution in [1.82, 2.24) is 15.1 Å². The van der Waals surface area contributed by atoms with Gasteiger partial charge in [-0.15, -0.1) is 0 Å². The highest BCUT2D eigenvalue weighted by atomic mass is 35.5. The predicted molar refractivity (Wildman–Crippen MR) is 144 cm³/mol. The second-order valence-electron chi connectivity index (χ2n) is 10.2. The SMILES string of the molecule is O=C(O)c1cc(C(F)(F)F)c2cc(N3CCC(C=Cc4c(-c5ccncc5Cl)noc4C4CC4)CC3)ccc2n1. The van der Waals surface area contributed by atoms with E-state index in [1.807, 2.05) is 11.0 Å². The number of aromatic nitrogens is 3. The quantitative estimate of drug-likeness (QED) is 0.258. The van der Waals surface area contributed by atoms with E-state index in [2.05, 4.69) is 27.3 Å². The molecule has 11 heteroatoms. The van der Waals surface area contributed by atoms with E-state index in [1.54, 1.807) is 18.5 Å². The van der Waals surface area contributed by atoms with Crippen LogP contribution in [0.1, 0.15) is 59.0 Å². The number of pyridine rings is 2. The fourth-order valence-electron chi connectivity index (χ4n) is 5.21. The molecule has 0 amide bonds. The van der Waals surface area contributed by atoms with Gasteiger partial charge < -0.3 is 14.5 Å². The summed E-state index contributed by atoms with van der Waals surface area (Å²) < 4.78 is 47.0. The fraction of sp³-hybridized carbons (Fsp3) is 0.310. The number of piperidine rings is 1. The van der Waals surface area contributed by atoms with Crippen molar-refractivity contribution < 1.29 is 27.6 Å². The summed E-state index contributed by atoms with van der Waals surface area (Å²) in [5, 5.41) is 13.9. The standard InChI is InChI=1S/C29H24ClF3N4O3/c30-23-15-34-10-7-19(23)26-20(27(40-36-26)17-2-3-17)5-1-16-8-11-37(12-9-16)18-4-6-24-21(13-18)22(29(31,32)33)14-25(35-24)28(38)39/h1,4-7,10,13-17H,2-3,8-9,11-12H2,(H,38,39). The molecule has 0 bridgehead atoms. The maximum Gasteiger partial charge on any atom is 0.417 e. The molecular formula is C29H24ClF3N4O3. The summed E-state index contributed by atoms with van der Waals surface area (Å²) in [7, 11) is 0. The lowest BCUT2D eigenvalue weighted by Crippen LogP contribution is -2.33. The van der Waals surface area contributed by atoms with Crippen LogP contribution in [-0.4, -0.2) is 39.3 Å². The Hall–Kier alpha value is -3.92. The largest absolute Gasteiger partial charge is 0.477 e. The van der Waals surface area contributed by atoms with Crippen molar-refractivity contribution in [2.45, 2.75) is 37.8 Å². The summed E-state index contributed by atoms with van der Waals surface area (Å²) in [5.74, 6) is -0.00483. The maximum atomic E-state index is 13.8. The Bertz CT molecular complexity index is 1620. The first-order chi connectivity index (χ1) is 19.2. The van der Waals surface area contributed by atoms with Gasteiger partial charge in [-0.3, -0.25) is 4.98 Å². The summed E-state index contributed by atoms with van der Waals surface area (Å²) in [6.45, 7) is 1.31. The molecule has 2 fully saturated rings. The second-order valence-corrected chi connectivity index (χ2v) is 10.6. The van der Waals surface area contributed by atoms with Gasteiger partial charge in [0.2, 0.25) is 0 Å². The number of allylic oxidation sites excluding steroid dienone is 1. The van der Waals surface area contributed by atoms with E-state index in [4.69, 9.17) is 16.1 Å². The molecule has 0 unspecified atom stereocenters. The number of carboxylic acid groups (broad SMARTS) is 1. The summed E-state index contributed by atoms with van der Waals surface area (Å²) in [6, 6.07) is 7.02. The van der Waals surface area contributed by atoms with Gasteiger partial charge in [0.1, 0.15) is 17.1 Å². The fourth-order valence-corrected chi connectivity index (χ4v) is 5.42. The predicted octanol–water partition coefficient (Wildman–Crippen LogP) is 7.46. The minimum atomic E-state index is -4.71. The van der Waals surface area contributed by atoms with Gasteiger partial charge in [-0.25, -0.2) is 9.78 Å². The number of alkyl halides is 3. The van der Waals surface area contributed by atoms with E-state index in [0.717, 1.165) is 42.6 Å². The number of hydrogen-bond acceptors (Lipinski definition) is 6. The lowest BCUT2D eigenvalue weighted by atomic mass is 9.94. The smallest absolute Gasteiger partial charge is 0.417 e. The summed E-state index contributed by atoms with van der Waals surface area (Å²) >= 11 is 6.38. The minimum Gasteiger partial charge on any atom is -0.477 e.